The summed E-state index contributed by atoms with van der Waals surface area (Å²) in [6, 6.07) is 0. The second-order valence-corrected chi connectivity index (χ2v) is 6.02. The van der Waals surface area contributed by atoms with Crippen molar-refractivity contribution in [3.63, 3.8) is 0 Å². The molecule has 0 bridgehead atoms. The average Bonchev–Trinajstić information content (AvgIpc) is 2.85. The van der Waals surface area contributed by atoms with Crippen molar-refractivity contribution in [2.45, 2.75) is 25.9 Å². The second kappa shape index (κ2) is 5.95. The first-order chi connectivity index (χ1) is 10.2. The van der Waals surface area contributed by atoms with Crippen LogP contribution in [0.25, 0.3) is 10.3 Å². The molecule has 6 nitrogen and oxygen atoms in total. The number of nitrogens with two attached hydrogens (primary N) is 1. The number of nitrogen functional groups attached to an aromatic ring is 1. The summed E-state index contributed by atoms with van der Waals surface area (Å²) in [5, 5.41) is 0. The van der Waals surface area contributed by atoms with Crippen molar-refractivity contribution in [3.8, 4) is 0 Å². The molecule has 112 valence electrons. The van der Waals surface area contributed by atoms with Gasteiger partial charge in [-0.05, 0) is 19.8 Å². The smallest absolute Gasteiger partial charge is 0.266 e. The summed E-state index contributed by atoms with van der Waals surface area (Å²) in [5.74, 6) is -0.0401. The number of amides is 1. The molecule has 3 heterocycles. The fourth-order valence-electron chi connectivity index (χ4n) is 2.64. The quantitative estimate of drug-likeness (QED) is 0.937. The highest BCUT2D eigenvalue weighted by molar-refractivity contribution is 7.21. The average molecular weight is 306 g/mol. The van der Waals surface area contributed by atoms with Crippen LogP contribution >= 0.6 is 11.3 Å². The van der Waals surface area contributed by atoms with Gasteiger partial charge in [0.2, 0.25) is 0 Å². The number of piperidine rings is 1. The molecule has 2 aromatic rings. The molecular formula is C14H18N4O2S. The van der Waals surface area contributed by atoms with Gasteiger partial charge in [-0.2, -0.15) is 0 Å². The van der Waals surface area contributed by atoms with Gasteiger partial charge < -0.3 is 15.4 Å². The van der Waals surface area contributed by atoms with E-state index in [1.165, 1.54) is 11.3 Å². The lowest BCUT2D eigenvalue weighted by Gasteiger charge is -2.32. The zero-order valence-electron chi connectivity index (χ0n) is 11.9. The number of fused-ring (bicyclic) bond motifs is 1. The van der Waals surface area contributed by atoms with Crippen LogP contribution < -0.4 is 5.73 Å². The summed E-state index contributed by atoms with van der Waals surface area (Å²) in [4.78, 5) is 24.2. The summed E-state index contributed by atoms with van der Waals surface area (Å²) in [6.07, 6.45) is 5.28. The summed E-state index contributed by atoms with van der Waals surface area (Å²) in [6.45, 7) is 4.02. The molecule has 2 aromatic heterocycles. The first-order valence-electron chi connectivity index (χ1n) is 7.10. The van der Waals surface area contributed by atoms with E-state index in [2.05, 4.69) is 9.97 Å². The van der Waals surface area contributed by atoms with E-state index in [0.717, 1.165) is 19.4 Å². The molecule has 0 spiro atoms. The number of ether oxygens (including phenoxy) is 1. The Morgan fingerprint density at radius 1 is 1.52 bits per heavy atom. The lowest BCUT2D eigenvalue weighted by atomic mass is 10.1. The van der Waals surface area contributed by atoms with Crippen molar-refractivity contribution in [2.24, 2.45) is 0 Å². The van der Waals surface area contributed by atoms with Crippen LogP contribution in [0.15, 0.2) is 12.4 Å². The Kier molecular flexibility index (Phi) is 4.03. The SMILES string of the molecule is CCOC1CCCN(C(=O)c2sc3nccnc3c2N)C1. The number of carbonyl (C=O) groups excluding carboxylic acids is 1. The van der Waals surface area contributed by atoms with Crippen molar-refractivity contribution in [1.29, 1.82) is 0 Å². The lowest BCUT2D eigenvalue weighted by molar-refractivity contribution is 0.00745. The Hall–Kier alpha value is -1.73. The third-order valence-electron chi connectivity index (χ3n) is 3.63. The molecule has 1 aliphatic rings. The molecule has 7 heteroatoms. The molecule has 1 atom stereocenters. The molecule has 0 aliphatic carbocycles. The maximum atomic E-state index is 12.7. The molecule has 1 saturated heterocycles. The molecule has 0 radical (unpaired) electrons. The first-order valence-corrected chi connectivity index (χ1v) is 7.92. The molecule has 21 heavy (non-hydrogen) atoms. The number of thiophene rings is 1. The lowest BCUT2D eigenvalue weighted by Crippen LogP contribution is -2.43. The van der Waals surface area contributed by atoms with E-state index < -0.39 is 0 Å². The Balaban J connectivity index is 1.84. The van der Waals surface area contributed by atoms with Gasteiger partial charge in [0.05, 0.1) is 11.8 Å². The number of anilines is 1. The monoisotopic (exact) mass is 306 g/mol. The highest BCUT2D eigenvalue weighted by Crippen LogP contribution is 2.32. The van der Waals surface area contributed by atoms with Gasteiger partial charge in [-0.1, -0.05) is 0 Å². The van der Waals surface area contributed by atoms with Gasteiger partial charge in [0.15, 0.2) is 0 Å². The topological polar surface area (TPSA) is 81.3 Å². The van der Waals surface area contributed by atoms with Crippen LogP contribution in [0.1, 0.15) is 29.4 Å². The van der Waals surface area contributed by atoms with Gasteiger partial charge in [-0.15, -0.1) is 11.3 Å². The van der Waals surface area contributed by atoms with E-state index in [0.29, 0.717) is 34.1 Å². The van der Waals surface area contributed by atoms with E-state index in [4.69, 9.17) is 10.5 Å². The predicted octanol–water partition coefficient (Wildman–Crippen LogP) is 1.91. The number of likely N-dealkylation sites (tertiary alicyclic amines) is 1. The van der Waals surface area contributed by atoms with Gasteiger partial charge in [0.1, 0.15) is 15.2 Å². The molecule has 0 saturated carbocycles. The summed E-state index contributed by atoms with van der Waals surface area (Å²) < 4.78 is 5.64. The van der Waals surface area contributed by atoms with Crippen molar-refractivity contribution < 1.29 is 9.53 Å². The van der Waals surface area contributed by atoms with Crippen LogP contribution in [0.5, 0.6) is 0 Å². The van der Waals surface area contributed by atoms with Crippen LogP contribution in [-0.2, 0) is 4.74 Å². The van der Waals surface area contributed by atoms with Gasteiger partial charge in [0.25, 0.3) is 5.91 Å². The van der Waals surface area contributed by atoms with E-state index in [-0.39, 0.29) is 12.0 Å². The van der Waals surface area contributed by atoms with Crippen molar-refractivity contribution in [3.05, 3.63) is 17.3 Å². The third kappa shape index (κ3) is 2.71. The first kappa shape index (κ1) is 14.2. The summed E-state index contributed by atoms with van der Waals surface area (Å²) >= 11 is 1.31. The number of carbonyl (C=O) groups is 1. The predicted molar refractivity (Wildman–Crippen MR) is 82.4 cm³/mol. The minimum atomic E-state index is -0.0401. The van der Waals surface area contributed by atoms with E-state index in [1.807, 2.05) is 11.8 Å². The Morgan fingerprint density at radius 2 is 2.33 bits per heavy atom. The number of nitrogens with zero attached hydrogens (tertiary/aromatic N) is 3. The second-order valence-electron chi connectivity index (χ2n) is 5.03. The van der Waals surface area contributed by atoms with Gasteiger partial charge in [-0.25, -0.2) is 9.97 Å². The fourth-order valence-corrected chi connectivity index (χ4v) is 3.63. The zero-order valence-corrected chi connectivity index (χ0v) is 12.7. The number of aromatic nitrogens is 2. The molecule has 2 N–H and O–H groups in total. The van der Waals surface area contributed by atoms with Crippen LogP contribution in [0, 0.1) is 0 Å². The molecule has 1 aliphatic heterocycles. The molecule has 1 unspecified atom stereocenters. The third-order valence-corrected chi connectivity index (χ3v) is 4.72. The van der Waals surface area contributed by atoms with Crippen LogP contribution in [0.4, 0.5) is 5.69 Å². The molecule has 0 aromatic carbocycles. The Labute approximate surface area is 126 Å². The Bertz CT molecular complexity index is 655. The van der Waals surface area contributed by atoms with Crippen LogP contribution in [-0.4, -0.2) is 46.6 Å². The zero-order chi connectivity index (χ0) is 14.8. The molecule has 1 fully saturated rings. The standard InChI is InChI=1S/C14H18N4O2S/c1-2-20-9-4-3-7-18(8-9)14(19)12-10(15)11-13(21-12)17-6-5-16-11/h5-6,9H,2-4,7-8,15H2,1H3. The van der Waals surface area contributed by atoms with Crippen LogP contribution in [0.3, 0.4) is 0 Å². The van der Waals surface area contributed by atoms with Crippen LogP contribution in [0.2, 0.25) is 0 Å². The Morgan fingerprint density at radius 3 is 3.10 bits per heavy atom. The number of hydrogen-bond donors (Lipinski definition) is 1. The molecule has 1 amide bonds. The van der Waals surface area contributed by atoms with E-state index in [9.17, 15) is 4.79 Å². The summed E-state index contributed by atoms with van der Waals surface area (Å²) in [5.41, 5.74) is 7.12. The highest BCUT2D eigenvalue weighted by atomic mass is 32.1. The largest absolute Gasteiger partial charge is 0.396 e. The molecular weight excluding hydrogens is 288 g/mol. The van der Waals surface area contributed by atoms with Crippen molar-refractivity contribution >= 4 is 33.3 Å². The number of hydrogen-bond acceptors (Lipinski definition) is 6. The molecule has 3 rings (SSSR count). The van der Waals surface area contributed by atoms with E-state index in [1.54, 1.807) is 12.4 Å². The minimum absolute atomic E-state index is 0.0401. The van der Waals surface area contributed by atoms with Crippen molar-refractivity contribution in [2.75, 3.05) is 25.4 Å². The van der Waals surface area contributed by atoms with E-state index >= 15 is 0 Å². The maximum absolute atomic E-state index is 12.7. The van der Waals surface area contributed by atoms with Gasteiger partial charge in [0, 0.05) is 32.1 Å². The van der Waals surface area contributed by atoms with Gasteiger partial charge >= 0.3 is 0 Å². The maximum Gasteiger partial charge on any atom is 0.266 e. The summed E-state index contributed by atoms with van der Waals surface area (Å²) in [7, 11) is 0. The number of rotatable bonds is 3. The highest BCUT2D eigenvalue weighted by Gasteiger charge is 2.28. The fraction of sp³-hybridized carbons (Fsp3) is 0.500. The van der Waals surface area contributed by atoms with Gasteiger partial charge in [-0.3, -0.25) is 4.79 Å². The van der Waals surface area contributed by atoms with Crippen molar-refractivity contribution in [1.82, 2.24) is 14.9 Å². The normalized spacial score (nSPS) is 19.1. The minimum Gasteiger partial charge on any atom is -0.396 e.